The average Bonchev–Trinajstić information content (AvgIpc) is 2.66. The van der Waals surface area contributed by atoms with Crippen LogP contribution in [-0.2, 0) is 21.4 Å². The Bertz CT molecular complexity index is 1130. The van der Waals surface area contributed by atoms with Crippen LogP contribution in [0, 0.1) is 25.2 Å². The van der Waals surface area contributed by atoms with Gasteiger partial charge in [0.15, 0.2) is 0 Å². The van der Waals surface area contributed by atoms with E-state index in [4.69, 9.17) is 5.26 Å². The number of hydrogen-bond acceptors (Lipinski definition) is 6. The maximum Gasteiger partial charge on any atom is 0.285 e. The fourth-order valence-corrected chi connectivity index (χ4v) is 3.87. The van der Waals surface area contributed by atoms with Crippen LogP contribution < -0.4 is 10.9 Å². The molecule has 154 valence electrons. The van der Waals surface area contributed by atoms with Gasteiger partial charge in [0.2, 0.25) is 15.9 Å². The second-order valence-electron chi connectivity index (χ2n) is 6.85. The van der Waals surface area contributed by atoms with Gasteiger partial charge in [0.05, 0.1) is 10.6 Å². The van der Waals surface area contributed by atoms with E-state index < -0.39 is 21.5 Å². The second kappa shape index (κ2) is 8.55. The average molecular weight is 417 g/mol. The number of rotatable bonds is 6. The van der Waals surface area contributed by atoms with E-state index in [1.807, 2.05) is 6.07 Å². The molecule has 0 saturated heterocycles. The lowest BCUT2D eigenvalue weighted by Crippen LogP contribution is -2.33. The molecule has 2 aromatic rings. The molecule has 0 radical (unpaired) electrons. The van der Waals surface area contributed by atoms with E-state index in [-0.39, 0.29) is 23.0 Å². The third kappa shape index (κ3) is 4.70. The van der Waals surface area contributed by atoms with Crippen molar-refractivity contribution in [2.24, 2.45) is 0 Å². The summed E-state index contributed by atoms with van der Waals surface area (Å²) in [6.07, 6.45) is 0. The van der Waals surface area contributed by atoms with Gasteiger partial charge in [0.1, 0.15) is 18.2 Å². The van der Waals surface area contributed by atoms with Crippen LogP contribution in [-0.4, -0.2) is 41.5 Å². The molecule has 0 aliphatic carbocycles. The van der Waals surface area contributed by atoms with Crippen LogP contribution in [0.2, 0.25) is 0 Å². The molecule has 0 spiro atoms. The predicted octanol–water partition coefficient (Wildman–Crippen LogP) is 1.40. The molecule has 0 atom stereocenters. The van der Waals surface area contributed by atoms with Gasteiger partial charge in [-0.05, 0) is 57.5 Å². The lowest BCUT2D eigenvalue weighted by atomic mass is 10.1. The molecule has 0 aliphatic rings. The summed E-state index contributed by atoms with van der Waals surface area (Å²) in [7, 11) is -2.12. The third-order valence-electron chi connectivity index (χ3n) is 4.58. The zero-order valence-electron chi connectivity index (χ0n) is 16.9. The molecule has 10 heteroatoms. The van der Waals surface area contributed by atoms with Gasteiger partial charge < -0.3 is 5.32 Å². The van der Waals surface area contributed by atoms with Gasteiger partial charge in [-0.15, -0.1) is 0 Å². The van der Waals surface area contributed by atoms with Gasteiger partial charge in [-0.2, -0.15) is 14.7 Å². The molecule has 1 amide bonds. The summed E-state index contributed by atoms with van der Waals surface area (Å²) < 4.78 is 27.1. The number of nitriles is 1. The smallest absolute Gasteiger partial charge is 0.285 e. The zero-order chi connectivity index (χ0) is 21.9. The SMILES string of the molecule is Cc1nn(CC(=O)Nc2ccc(S(=O)(=O)N(C)C(C)C)cc2)c(=O)c(C#N)c1C. The highest BCUT2D eigenvalue weighted by Crippen LogP contribution is 2.19. The largest absolute Gasteiger partial charge is 0.324 e. The molecule has 1 heterocycles. The first-order chi connectivity index (χ1) is 13.5. The highest BCUT2D eigenvalue weighted by Gasteiger charge is 2.23. The standard InChI is InChI=1S/C19H23N5O4S/c1-12(2)23(5)29(27,28)16-8-6-15(7-9-16)21-18(25)11-24-19(26)17(10-20)13(3)14(4)22-24/h6-9,12H,11H2,1-5H3,(H,21,25). The molecule has 1 N–H and O–H groups in total. The van der Waals surface area contributed by atoms with Crippen molar-refractivity contribution in [2.75, 3.05) is 12.4 Å². The normalized spacial score (nSPS) is 11.5. The monoisotopic (exact) mass is 417 g/mol. The highest BCUT2D eigenvalue weighted by atomic mass is 32.2. The number of carbonyl (C=O) groups excluding carboxylic acids is 1. The minimum Gasteiger partial charge on any atom is -0.324 e. The van der Waals surface area contributed by atoms with Crippen LogP contribution >= 0.6 is 0 Å². The van der Waals surface area contributed by atoms with E-state index in [1.165, 1.54) is 35.6 Å². The molecular formula is C19H23N5O4S. The number of carbonyl (C=O) groups is 1. The lowest BCUT2D eigenvalue weighted by molar-refractivity contribution is -0.117. The predicted molar refractivity (Wildman–Crippen MR) is 108 cm³/mol. The fourth-order valence-electron chi connectivity index (χ4n) is 2.50. The summed E-state index contributed by atoms with van der Waals surface area (Å²) in [4.78, 5) is 24.7. The number of anilines is 1. The van der Waals surface area contributed by atoms with E-state index >= 15 is 0 Å². The van der Waals surface area contributed by atoms with Crippen molar-refractivity contribution >= 4 is 21.6 Å². The minimum atomic E-state index is -3.62. The Labute approximate surface area is 169 Å². The maximum atomic E-state index is 12.5. The van der Waals surface area contributed by atoms with Crippen LogP contribution in [0.5, 0.6) is 0 Å². The van der Waals surface area contributed by atoms with Crippen molar-refractivity contribution in [1.82, 2.24) is 14.1 Å². The first-order valence-corrected chi connectivity index (χ1v) is 10.3. The van der Waals surface area contributed by atoms with Gasteiger partial charge in [0, 0.05) is 18.8 Å². The second-order valence-corrected chi connectivity index (χ2v) is 8.85. The number of hydrogen-bond donors (Lipinski definition) is 1. The van der Waals surface area contributed by atoms with E-state index in [9.17, 15) is 18.0 Å². The van der Waals surface area contributed by atoms with Gasteiger partial charge in [-0.25, -0.2) is 13.1 Å². The Balaban J connectivity index is 2.18. The van der Waals surface area contributed by atoms with E-state index in [0.717, 1.165) is 4.68 Å². The topological polar surface area (TPSA) is 125 Å². The molecule has 9 nitrogen and oxygen atoms in total. The third-order valence-corrected chi connectivity index (χ3v) is 6.63. The molecule has 0 bridgehead atoms. The maximum absolute atomic E-state index is 12.5. The summed E-state index contributed by atoms with van der Waals surface area (Å²) in [5, 5.41) is 15.8. The molecule has 1 aromatic carbocycles. The molecule has 0 aliphatic heterocycles. The summed E-state index contributed by atoms with van der Waals surface area (Å²) in [6.45, 7) is 6.44. The Kier molecular flexibility index (Phi) is 6.56. The van der Waals surface area contributed by atoms with Gasteiger partial charge in [-0.1, -0.05) is 0 Å². The molecule has 1 aromatic heterocycles. The lowest BCUT2D eigenvalue weighted by Gasteiger charge is -2.21. The Morgan fingerprint density at radius 2 is 1.86 bits per heavy atom. The summed E-state index contributed by atoms with van der Waals surface area (Å²) in [6, 6.07) is 7.38. The Hall–Kier alpha value is -3.03. The van der Waals surface area contributed by atoms with Crippen molar-refractivity contribution in [2.45, 2.75) is 45.2 Å². The fraction of sp³-hybridized carbons (Fsp3) is 0.368. The molecule has 2 rings (SSSR count). The van der Waals surface area contributed by atoms with Gasteiger partial charge in [-0.3, -0.25) is 9.59 Å². The van der Waals surface area contributed by atoms with Crippen molar-refractivity contribution in [3.05, 3.63) is 51.4 Å². The Morgan fingerprint density at radius 3 is 2.38 bits per heavy atom. The van der Waals surface area contributed by atoms with E-state index in [1.54, 1.807) is 27.7 Å². The number of nitrogens with one attached hydrogen (secondary N) is 1. The number of aryl methyl sites for hydroxylation is 1. The number of amides is 1. The summed E-state index contributed by atoms with van der Waals surface area (Å²) in [5.74, 6) is -0.526. The van der Waals surface area contributed by atoms with Crippen LogP contribution in [0.1, 0.15) is 30.7 Å². The van der Waals surface area contributed by atoms with Gasteiger partial charge >= 0.3 is 0 Å². The Morgan fingerprint density at radius 1 is 1.28 bits per heavy atom. The minimum absolute atomic E-state index is 0.0471. The van der Waals surface area contributed by atoms with Crippen LogP contribution in [0.3, 0.4) is 0 Å². The van der Waals surface area contributed by atoms with E-state index in [0.29, 0.717) is 16.9 Å². The van der Waals surface area contributed by atoms with Crippen molar-refractivity contribution in [3.63, 3.8) is 0 Å². The van der Waals surface area contributed by atoms with E-state index in [2.05, 4.69) is 10.4 Å². The summed E-state index contributed by atoms with van der Waals surface area (Å²) in [5.41, 5.74) is 0.659. The molecule has 29 heavy (non-hydrogen) atoms. The van der Waals surface area contributed by atoms with Crippen LogP contribution in [0.4, 0.5) is 5.69 Å². The molecule has 0 fully saturated rings. The molecule has 0 unspecified atom stereocenters. The first-order valence-electron chi connectivity index (χ1n) is 8.85. The van der Waals surface area contributed by atoms with Crippen molar-refractivity contribution in [3.8, 4) is 6.07 Å². The number of aromatic nitrogens is 2. The molecular weight excluding hydrogens is 394 g/mol. The number of nitrogens with zero attached hydrogens (tertiary/aromatic N) is 4. The first kappa shape index (κ1) is 22.3. The van der Waals surface area contributed by atoms with Gasteiger partial charge in [0.25, 0.3) is 5.56 Å². The van der Waals surface area contributed by atoms with Crippen molar-refractivity contribution < 1.29 is 13.2 Å². The molecule has 0 saturated carbocycles. The van der Waals surface area contributed by atoms with Crippen molar-refractivity contribution in [1.29, 1.82) is 5.26 Å². The summed E-state index contributed by atoms with van der Waals surface area (Å²) >= 11 is 0. The highest BCUT2D eigenvalue weighted by molar-refractivity contribution is 7.89. The van der Waals surface area contributed by atoms with Crippen LogP contribution in [0.15, 0.2) is 34.0 Å². The zero-order valence-corrected chi connectivity index (χ0v) is 17.7. The van der Waals surface area contributed by atoms with Crippen LogP contribution in [0.25, 0.3) is 0 Å². The number of benzene rings is 1. The number of sulfonamides is 1. The quantitative estimate of drug-likeness (QED) is 0.757.